The average molecular weight is 391 g/mol. The molecule has 0 saturated heterocycles. The topological polar surface area (TPSA) is 17.0 Å². The Morgan fingerprint density at radius 3 is 2.28 bits per heavy atom. The number of hydrogen-bond donors (Lipinski definition) is 1. The molecule has 2 aromatic rings. The second-order valence-corrected chi connectivity index (χ2v) is 34.2. The van der Waals surface area contributed by atoms with Gasteiger partial charge in [-0.15, -0.1) is 0 Å². The van der Waals surface area contributed by atoms with Gasteiger partial charge in [-0.1, -0.05) is 0 Å². The van der Waals surface area contributed by atoms with Crippen LogP contribution in [-0.4, -0.2) is 16.8 Å². The van der Waals surface area contributed by atoms with Crippen LogP contribution < -0.4 is 7.67 Å². The fraction of sp³-hybridized carbons (Fsp3) is 0.524. The van der Waals surface area contributed by atoms with E-state index in [0.717, 1.165) is 6.42 Å². The van der Waals surface area contributed by atoms with Crippen LogP contribution in [0.5, 0.6) is 0 Å². The van der Waals surface area contributed by atoms with E-state index in [0.29, 0.717) is 0 Å². The van der Waals surface area contributed by atoms with Crippen molar-refractivity contribution >= 4 is 10.5 Å². The molecule has 0 saturated carbocycles. The van der Waals surface area contributed by atoms with Crippen LogP contribution in [0.2, 0.25) is 23.6 Å². The van der Waals surface area contributed by atoms with E-state index in [9.17, 15) is 0 Å². The van der Waals surface area contributed by atoms with E-state index in [1.807, 2.05) is 0 Å². The summed E-state index contributed by atoms with van der Waals surface area (Å²) in [6.45, 7) is 13.4. The number of nitrogens with zero attached hydrogens (tertiary/aromatic N) is 1. The summed E-state index contributed by atoms with van der Waals surface area (Å²) >= 11 is -2.92. The van der Waals surface area contributed by atoms with Crippen molar-refractivity contribution in [1.82, 2.24) is 8.37 Å². The van der Waals surface area contributed by atoms with Crippen LogP contribution in [0.4, 0.5) is 0 Å². The quantitative estimate of drug-likeness (QED) is 0.646. The Bertz CT molecular complexity index is 840. The molecule has 0 spiro atoms. The summed E-state index contributed by atoms with van der Waals surface area (Å²) in [6, 6.07) is 9.79. The van der Waals surface area contributed by atoms with Gasteiger partial charge in [0.15, 0.2) is 0 Å². The zero-order valence-electron chi connectivity index (χ0n) is 17.5. The molecule has 1 aromatic heterocycles. The van der Waals surface area contributed by atoms with E-state index < -0.39 is 21.5 Å². The molecule has 0 aliphatic heterocycles. The third kappa shape index (κ3) is 3.03. The summed E-state index contributed by atoms with van der Waals surface area (Å²) in [5, 5.41) is 5.24. The molecule has 3 rings (SSSR count). The van der Waals surface area contributed by atoms with Gasteiger partial charge in [0.25, 0.3) is 0 Å². The first kappa shape index (κ1) is 19.2. The van der Waals surface area contributed by atoms with Gasteiger partial charge in [0.1, 0.15) is 0 Å². The van der Waals surface area contributed by atoms with Crippen molar-refractivity contribution in [3.63, 3.8) is 0 Å². The molecule has 0 fully saturated rings. The number of benzene rings is 1. The molecule has 4 heteroatoms. The van der Waals surface area contributed by atoms with E-state index in [2.05, 4.69) is 90.9 Å². The summed E-state index contributed by atoms with van der Waals surface area (Å²) in [7, 11) is 2.20. The Morgan fingerprint density at radius 2 is 1.72 bits per heavy atom. The van der Waals surface area contributed by atoms with Gasteiger partial charge in [0.2, 0.25) is 0 Å². The van der Waals surface area contributed by atoms with Gasteiger partial charge in [-0.3, -0.25) is 0 Å². The average Bonchev–Trinajstić information content (AvgIpc) is 2.94. The minimum atomic E-state index is -2.92. The summed E-state index contributed by atoms with van der Waals surface area (Å²) in [4.78, 5) is 0. The summed E-state index contributed by atoms with van der Waals surface area (Å²) < 4.78 is 8.20. The van der Waals surface area contributed by atoms with E-state index in [4.69, 9.17) is 0 Å². The number of aryl methyl sites for hydroxylation is 1. The van der Waals surface area contributed by atoms with Crippen LogP contribution in [0.25, 0.3) is 11.1 Å². The van der Waals surface area contributed by atoms with Crippen molar-refractivity contribution in [2.24, 2.45) is 7.05 Å². The first-order valence-corrected chi connectivity index (χ1v) is 19.9. The van der Waals surface area contributed by atoms with Crippen LogP contribution in [0.3, 0.4) is 0 Å². The molecular weight excluding hydrogens is 356 g/mol. The Morgan fingerprint density at radius 1 is 1.08 bits per heavy atom. The SMILES string of the molecule is Cc1cc2c(n1C)Cc1c[c]([Ti]([CH3])([CH3])([NH]C(C)(C)C)[SiH](C)C)ccc1-2. The van der Waals surface area contributed by atoms with Gasteiger partial charge in [0, 0.05) is 0 Å². The standard InChI is InChI=1S/C13H12N.C4H10N.C2H7Si.2CH3.Ti/c1-9-7-12-11-6-4-3-5-10(11)8-13(12)14(9)2;1-4(2,3)5;1-3-2;;;/h4-7H,8H2,1-2H3;5H,1-3H3;3H,1-2H3;2*1H3;/q;-1;;;;+1. The van der Waals surface area contributed by atoms with Crippen molar-refractivity contribution in [2.75, 3.05) is 0 Å². The van der Waals surface area contributed by atoms with Crippen LogP contribution in [0.1, 0.15) is 37.7 Å². The van der Waals surface area contributed by atoms with E-state index in [-0.39, 0.29) is 5.54 Å². The van der Waals surface area contributed by atoms with Crippen LogP contribution in [-0.2, 0) is 28.3 Å². The zero-order chi connectivity index (χ0) is 18.8. The fourth-order valence-electron chi connectivity index (χ4n) is 4.60. The Labute approximate surface area is 156 Å². The summed E-state index contributed by atoms with van der Waals surface area (Å²) in [6.07, 6.45) is 1.08. The maximum atomic E-state index is 4.20. The molecular formula is C21H35N2SiTi. The minimum absolute atomic E-state index is 0.164. The van der Waals surface area contributed by atoms with Gasteiger partial charge in [-0.25, -0.2) is 0 Å². The third-order valence-corrected chi connectivity index (χ3v) is 34.0. The molecule has 1 aliphatic rings. The molecule has 1 N–H and O–H groups in total. The molecule has 0 atom stereocenters. The number of aromatic nitrogens is 1. The number of nitrogens with one attached hydrogen (secondary N) is 1. The normalized spacial score (nSPS) is 15.8. The van der Waals surface area contributed by atoms with Crippen molar-refractivity contribution < 1.29 is 14.8 Å². The summed E-state index contributed by atoms with van der Waals surface area (Å²) in [5.74, 6) is 0. The molecule has 1 aliphatic carbocycles. The summed E-state index contributed by atoms with van der Waals surface area (Å²) in [5.41, 5.74) is 7.44. The Balaban J connectivity index is 2.12. The molecule has 2 nitrogen and oxygen atoms in total. The zero-order valence-corrected chi connectivity index (χ0v) is 20.3. The van der Waals surface area contributed by atoms with Crippen LogP contribution in [0.15, 0.2) is 24.3 Å². The van der Waals surface area contributed by atoms with Crippen LogP contribution in [0, 0.1) is 6.92 Å². The predicted molar refractivity (Wildman–Crippen MR) is 112 cm³/mol. The molecule has 25 heavy (non-hydrogen) atoms. The van der Waals surface area contributed by atoms with Gasteiger partial charge in [-0.05, 0) is 0 Å². The van der Waals surface area contributed by atoms with Gasteiger partial charge in [-0.2, -0.15) is 0 Å². The number of fused-ring (bicyclic) bond motifs is 3. The number of rotatable bonds is 3. The number of hydrogen-bond acceptors (Lipinski definition) is 1. The van der Waals surface area contributed by atoms with Gasteiger partial charge >= 0.3 is 156 Å². The maximum absolute atomic E-state index is 4.20. The van der Waals surface area contributed by atoms with Crippen molar-refractivity contribution in [2.45, 2.75) is 63.2 Å². The Kier molecular flexibility index (Phi) is 4.36. The van der Waals surface area contributed by atoms with Crippen LogP contribution >= 0.6 is 0 Å². The molecule has 1 heterocycles. The van der Waals surface area contributed by atoms with E-state index in [1.165, 1.54) is 28.1 Å². The van der Waals surface area contributed by atoms with E-state index >= 15 is 0 Å². The monoisotopic (exact) mass is 391 g/mol. The predicted octanol–water partition coefficient (Wildman–Crippen LogP) is 4.60. The molecule has 137 valence electrons. The molecule has 0 radical (unpaired) electrons. The second-order valence-electron chi connectivity index (χ2n) is 10.3. The van der Waals surface area contributed by atoms with Crippen molar-refractivity contribution in [3.8, 4) is 11.1 Å². The van der Waals surface area contributed by atoms with Gasteiger partial charge < -0.3 is 0 Å². The first-order valence-electron chi connectivity index (χ1n) is 9.61. The third-order valence-electron chi connectivity index (χ3n) is 6.73. The molecule has 0 amide bonds. The molecule has 0 bridgehead atoms. The van der Waals surface area contributed by atoms with Crippen molar-refractivity contribution in [1.29, 1.82) is 0 Å². The van der Waals surface area contributed by atoms with Crippen molar-refractivity contribution in [3.05, 3.63) is 41.2 Å². The van der Waals surface area contributed by atoms with Gasteiger partial charge in [0.05, 0.1) is 0 Å². The fourth-order valence-corrected chi connectivity index (χ4v) is 18.3. The molecule has 0 unspecified atom stereocenters. The Hall–Kier alpha value is -0.609. The van der Waals surface area contributed by atoms with E-state index in [1.54, 1.807) is 3.87 Å². The second kappa shape index (κ2) is 5.69. The first-order chi connectivity index (χ1) is 11.3. The molecule has 1 aromatic carbocycles.